The summed E-state index contributed by atoms with van der Waals surface area (Å²) in [6.45, 7) is 3.74. The summed E-state index contributed by atoms with van der Waals surface area (Å²) < 4.78 is 5.33. The highest BCUT2D eigenvalue weighted by atomic mass is 16.5. The Bertz CT molecular complexity index is 319. The Morgan fingerprint density at radius 2 is 2.14 bits per heavy atom. The summed E-state index contributed by atoms with van der Waals surface area (Å²) in [6, 6.07) is 2.15. The van der Waals surface area contributed by atoms with E-state index in [9.17, 15) is 0 Å². The van der Waals surface area contributed by atoms with E-state index in [0.717, 1.165) is 31.6 Å². The summed E-state index contributed by atoms with van der Waals surface area (Å²) >= 11 is 0. The van der Waals surface area contributed by atoms with Gasteiger partial charge in [0.1, 0.15) is 5.82 Å². The molecule has 76 valence electrons. The predicted molar refractivity (Wildman–Crippen MR) is 56.2 cm³/mol. The number of pyridine rings is 1. The smallest absolute Gasteiger partial charge is 0.126 e. The molecule has 1 aromatic heterocycles. The van der Waals surface area contributed by atoms with Crippen molar-refractivity contribution in [2.75, 3.05) is 18.9 Å². The number of anilines is 1. The summed E-state index contributed by atoms with van der Waals surface area (Å²) in [5.74, 6) is 1.25. The number of ether oxygens (including phenoxy) is 1. The quantitative estimate of drug-likeness (QED) is 0.739. The molecule has 1 aliphatic heterocycles. The monoisotopic (exact) mass is 192 g/mol. The Morgan fingerprint density at radius 3 is 2.79 bits per heavy atom. The van der Waals surface area contributed by atoms with Crippen LogP contribution >= 0.6 is 0 Å². The van der Waals surface area contributed by atoms with E-state index in [-0.39, 0.29) is 0 Å². The molecule has 1 fully saturated rings. The molecule has 1 aliphatic rings. The van der Waals surface area contributed by atoms with Gasteiger partial charge >= 0.3 is 0 Å². The number of rotatable bonds is 1. The van der Waals surface area contributed by atoms with Gasteiger partial charge in [-0.15, -0.1) is 0 Å². The van der Waals surface area contributed by atoms with Crippen molar-refractivity contribution in [2.45, 2.75) is 25.7 Å². The Kier molecular flexibility index (Phi) is 2.68. The van der Waals surface area contributed by atoms with Gasteiger partial charge in [0, 0.05) is 19.4 Å². The van der Waals surface area contributed by atoms with Gasteiger partial charge in [0.05, 0.1) is 0 Å². The van der Waals surface area contributed by atoms with Crippen molar-refractivity contribution < 1.29 is 4.74 Å². The van der Waals surface area contributed by atoms with Crippen molar-refractivity contribution in [1.29, 1.82) is 0 Å². The van der Waals surface area contributed by atoms with Gasteiger partial charge in [-0.1, -0.05) is 6.07 Å². The van der Waals surface area contributed by atoms with Crippen LogP contribution in [-0.4, -0.2) is 18.2 Å². The lowest BCUT2D eigenvalue weighted by Gasteiger charge is -2.22. The minimum Gasteiger partial charge on any atom is -0.383 e. The highest BCUT2D eigenvalue weighted by Gasteiger charge is 2.16. The first-order valence-corrected chi connectivity index (χ1v) is 5.07. The number of hydrogen-bond donors (Lipinski definition) is 1. The van der Waals surface area contributed by atoms with E-state index < -0.39 is 0 Å². The van der Waals surface area contributed by atoms with Crippen LogP contribution in [-0.2, 0) is 4.74 Å². The van der Waals surface area contributed by atoms with E-state index in [1.54, 1.807) is 0 Å². The molecular weight excluding hydrogens is 176 g/mol. The van der Waals surface area contributed by atoms with Crippen LogP contribution in [0.2, 0.25) is 0 Å². The zero-order valence-corrected chi connectivity index (χ0v) is 8.49. The third-order valence-electron chi connectivity index (χ3n) is 2.83. The van der Waals surface area contributed by atoms with Crippen LogP contribution in [0.5, 0.6) is 0 Å². The van der Waals surface area contributed by atoms with Crippen LogP contribution in [0.4, 0.5) is 5.82 Å². The number of nitrogens with two attached hydrogens (primary N) is 1. The Balaban J connectivity index is 2.18. The van der Waals surface area contributed by atoms with Crippen molar-refractivity contribution in [3.05, 3.63) is 23.4 Å². The highest BCUT2D eigenvalue weighted by molar-refractivity contribution is 5.40. The van der Waals surface area contributed by atoms with Crippen LogP contribution in [0.15, 0.2) is 12.3 Å². The average molecular weight is 192 g/mol. The van der Waals surface area contributed by atoms with E-state index in [1.807, 2.05) is 13.1 Å². The molecule has 2 rings (SSSR count). The number of aryl methyl sites for hydroxylation is 1. The third-order valence-corrected chi connectivity index (χ3v) is 2.83. The number of hydrogen-bond acceptors (Lipinski definition) is 3. The van der Waals surface area contributed by atoms with Crippen LogP contribution in [0.25, 0.3) is 0 Å². The molecule has 2 heterocycles. The second-order valence-corrected chi connectivity index (χ2v) is 3.86. The number of nitrogens with zero attached hydrogens (tertiary/aromatic N) is 1. The molecular formula is C11H16N2O. The van der Waals surface area contributed by atoms with Gasteiger partial charge in [0.25, 0.3) is 0 Å². The number of nitrogen functional groups attached to an aromatic ring is 1. The van der Waals surface area contributed by atoms with Crippen molar-refractivity contribution in [3.63, 3.8) is 0 Å². The van der Waals surface area contributed by atoms with Gasteiger partial charge in [0.15, 0.2) is 0 Å². The van der Waals surface area contributed by atoms with Crippen LogP contribution in [0.1, 0.15) is 29.9 Å². The molecule has 3 heteroatoms. The molecule has 0 aliphatic carbocycles. The first kappa shape index (κ1) is 9.46. The molecule has 2 N–H and O–H groups in total. The first-order valence-electron chi connectivity index (χ1n) is 5.07. The van der Waals surface area contributed by atoms with Gasteiger partial charge in [0.2, 0.25) is 0 Å². The topological polar surface area (TPSA) is 48.1 Å². The second-order valence-electron chi connectivity index (χ2n) is 3.86. The van der Waals surface area contributed by atoms with E-state index in [0.29, 0.717) is 11.7 Å². The normalized spacial score (nSPS) is 18.4. The van der Waals surface area contributed by atoms with Crippen molar-refractivity contribution in [1.82, 2.24) is 4.98 Å². The minimum atomic E-state index is 0.607. The molecule has 0 saturated carbocycles. The molecule has 3 nitrogen and oxygen atoms in total. The maximum atomic E-state index is 5.68. The van der Waals surface area contributed by atoms with E-state index in [1.165, 1.54) is 5.56 Å². The van der Waals surface area contributed by atoms with Gasteiger partial charge in [-0.05, 0) is 36.8 Å². The lowest BCUT2D eigenvalue weighted by atomic mass is 9.92. The van der Waals surface area contributed by atoms with Crippen molar-refractivity contribution in [3.8, 4) is 0 Å². The van der Waals surface area contributed by atoms with Crippen LogP contribution in [0, 0.1) is 6.92 Å². The summed E-state index contributed by atoms with van der Waals surface area (Å²) in [5.41, 5.74) is 8.07. The van der Waals surface area contributed by atoms with E-state index >= 15 is 0 Å². The fourth-order valence-corrected chi connectivity index (χ4v) is 1.86. The lowest BCUT2D eigenvalue weighted by molar-refractivity contribution is 0.0852. The zero-order chi connectivity index (χ0) is 9.97. The van der Waals surface area contributed by atoms with Gasteiger partial charge in [-0.2, -0.15) is 0 Å². The summed E-state index contributed by atoms with van der Waals surface area (Å²) in [7, 11) is 0. The molecule has 0 aromatic carbocycles. The second kappa shape index (κ2) is 3.96. The maximum Gasteiger partial charge on any atom is 0.126 e. The third kappa shape index (κ3) is 1.87. The fourth-order valence-electron chi connectivity index (χ4n) is 1.86. The van der Waals surface area contributed by atoms with E-state index in [4.69, 9.17) is 10.5 Å². The molecule has 0 spiro atoms. The van der Waals surface area contributed by atoms with Crippen LogP contribution < -0.4 is 5.73 Å². The molecule has 0 amide bonds. The number of aromatic nitrogens is 1. The van der Waals surface area contributed by atoms with Crippen molar-refractivity contribution in [2.24, 2.45) is 0 Å². The lowest BCUT2D eigenvalue weighted by Crippen LogP contribution is -2.14. The van der Waals surface area contributed by atoms with Crippen molar-refractivity contribution >= 4 is 5.82 Å². The average Bonchev–Trinajstić information content (AvgIpc) is 2.23. The first-order chi connectivity index (χ1) is 6.77. The predicted octanol–water partition coefficient (Wildman–Crippen LogP) is 1.87. The highest BCUT2D eigenvalue weighted by Crippen LogP contribution is 2.27. The van der Waals surface area contributed by atoms with Gasteiger partial charge in [-0.25, -0.2) is 4.98 Å². The maximum absolute atomic E-state index is 5.68. The molecule has 1 saturated heterocycles. The molecule has 0 atom stereocenters. The van der Waals surface area contributed by atoms with E-state index in [2.05, 4.69) is 11.1 Å². The summed E-state index contributed by atoms with van der Waals surface area (Å²) in [5, 5.41) is 0. The molecule has 0 radical (unpaired) electrons. The Morgan fingerprint density at radius 1 is 1.43 bits per heavy atom. The molecule has 14 heavy (non-hydrogen) atoms. The largest absolute Gasteiger partial charge is 0.383 e. The van der Waals surface area contributed by atoms with Gasteiger partial charge < -0.3 is 10.5 Å². The Labute approximate surface area is 84.3 Å². The molecule has 0 bridgehead atoms. The Hall–Kier alpha value is -1.09. The standard InChI is InChI=1S/C11H16N2O/c1-8-6-10(7-13-11(8)12)9-2-4-14-5-3-9/h6-7,9H,2-5H2,1H3,(H2,12,13). The molecule has 1 aromatic rings. The molecule has 0 unspecified atom stereocenters. The summed E-state index contributed by atoms with van der Waals surface area (Å²) in [6.07, 6.45) is 4.11. The summed E-state index contributed by atoms with van der Waals surface area (Å²) in [4.78, 5) is 4.19. The van der Waals surface area contributed by atoms with Gasteiger partial charge in [-0.3, -0.25) is 0 Å². The SMILES string of the molecule is Cc1cc(C2CCOCC2)cnc1N. The fraction of sp³-hybridized carbons (Fsp3) is 0.545. The zero-order valence-electron chi connectivity index (χ0n) is 8.49. The minimum absolute atomic E-state index is 0.607. The van der Waals surface area contributed by atoms with Crippen LogP contribution in [0.3, 0.4) is 0 Å².